The summed E-state index contributed by atoms with van der Waals surface area (Å²) in [6.45, 7) is 10.0. The minimum absolute atomic E-state index is 0.390. The van der Waals surface area contributed by atoms with Crippen LogP contribution in [0.4, 0.5) is 0 Å². The number of nitrogens with zero attached hydrogens (tertiary/aromatic N) is 2. The van der Waals surface area contributed by atoms with E-state index in [0.29, 0.717) is 36.7 Å². The normalized spacial score (nSPS) is 21.3. The summed E-state index contributed by atoms with van der Waals surface area (Å²) in [7, 11) is 2.04. The van der Waals surface area contributed by atoms with Crippen molar-refractivity contribution in [1.82, 2.24) is 9.80 Å². The zero-order valence-electron chi connectivity index (χ0n) is 20.4. The smallest absolute Gasteiger partial charge is 0.150 e. The summed E-state index contributed by atoms with van der Waals surface area (Å²) in [6.07, 6.45) is 19.3. The Balaban J connectivity index is 1.60. The molecule has 1 aliphatic heterocycles. The van der Waals surface area contributed by atoms with Crippen molar-refractivity contribution in [2.24, 2.45) is 11.8 Å². The van der Waals surface area contributed by atoms with Gasteiger partial charge in [-0.05, 0) is 88.1 Å². The molecule has 0 unspecified atom stereocenters. The highest BCUT2D eigenvalue weighted by molar-refractivity contribution is 5.84. The minimum atomic E-state index is 0.390. The Morgan fingerprint density at radius 1 is 1.12 bits per heavy atom. The van der Waals surface area contributed by atoms with Crippen LogP contribution in [0.2, 0.25) is 0 Å². The molecule has 0 atom stereocenters. The highest BCUT2D eigenvalue weighted by Crippen LogP contribution is 2.38. The van der Waals surface area contributed by atoms with Gasteiger partial charge in [-0.25, -0.2) is 0 Å². The van der Waals surface area contributed by atoms with E-state index >= 15 is 0 Å². The predicted octanol–water partition coefficient (Wildman–Crippen LogP) is 4.83. The molecule has 3 rings (SSSR count). The van der Waals surface area contributed by atoms with Gasteiger partial charge in [-0.1, -0.05) is 18.2 Å². The molecule has 3 fully saturated rings. The van der Waals surface area contributed by atoms with Gasteiger partial charge in [0.15, 0.2) is 0 Å². The van der Waals surface area contributed by atoms with Crippen molar-refractivity contribution in [2.45, 2.75) is 57.9 Å². The average Bonchev–Trinajstić information content (AvgIpc) is 3.72. The van der Waals surface area contributed by atoms with Gasteiger partial charge < -0.3 is 9.64 Å². The number of hydrogen-bond acceptors (Lipinski definition) is 5. The fourth-order valence-electron chi connectivity index (χ4n) is 4.32. The zero-order chi connectivity index (χ0) is 23.6. The highest BCUT2D eigenvalue weighted by Gasteiger charge is 2.26. The van der Waals surface area contributed by atoms with Crippen LogP contribution < -0.4 is 0 Å². The Bertz CT molecular complexity index is 807. The molecule has 0 aromatic carbocycles. The Morgan fingerprint density at radius 2 is 1.85 bits per heavy atom. The summed E-state index contributed by atoms with van der Waals surface area (Å²) in [4.78, 5) is 26.3. The lowest BCUT2D eigenvalue weighted by Gasteiger charge is -2.37. The number of rotatable bonds is 14. The van der Waals surface area contributed by atoms with Crippen LogP contribution in [-0.2, 0) is 14.3 Å². The first-order valence-electron chi connectivity index (χ1n) is 12.5. The van der Waals surface area contributed by atoms with Crippen LogP contribution >= 0.6 is 0 Å². The standard InChI is InChI=1S/C28H40N2O3/c1-4-33-28(10-7-23-5-6-23)26(19-22(2)25-8-9-25)20-30-16-12-27(13-17-30)29(3)15-11-24(21-32)14-18-31/h10-11,14-15,18-19,21,23,25,27H,2,4-9,12-13,16-17,20H2,1,3H3/b15-11-,24-14+,26-19-,28-10+. The van der Waals surface area contributed by atoms with Gasteiger partial charge in [0.05, 0.1) is 6.61 Å². The van der Waals surface area contributed by atoms with Crippen molar-refractivity contribution in [1.29, 1.82) is 0 Å². The van der Waals surface area contributed by atoms with Gasteiger partial charge in [-0.3, -0.25) is 14.5 Å². The van der Waals surface area contributed by atoms with E-state index < -0.39 is 0 Å². The van der Waals surface area contributed by atoms with Crippen molar-refractivity contribution in [3.05, 3.63) is 59.6 Å². The predicted molar refractivity (Wildman–Crippen MR) is 134 cm³/mol. The lowest BCUT2D eigenvalue weighted by molar-refractivity contribution is -0.106. The van der Waals surface area contributed by atoms with Gasteiger partial charge in [0, 0.05) is 43.9 Å². The summed E-state index contributed by atoms with van der Waals surface area (Å²) < 4.78 is 6.12. The quantitative estimate of drug-likeness (QED) is 0.163. The summed E-state index contributed by atoms with van der Waals surface area (Å²) in [6, 6.07) is 0.423. The maximum Gasteiger partial charge on any atom is 0.150 e. The molecule has 0 amide bonds. The van der Waals surface area contributed by atoms with Crippen LogP contribution in [0.3, 0.4) is 0 Å². The van der Waals surface area contributed by atoms with E-state index in [1.54, 1.807) is 6.08 Å². The number of carbonyl (C=O) groups excluding carboxylic acids is 2. The van der Waals surface area contributed by atoms with Crippen LogP contribution in [0.5, 0.6) is 0 Å². The van der Waals surface area contributed by atoms with Gasteiger partial charge in [-0.2, -0.15) is 0 Å². The van der Waals surface area contributed by atoms with Crippen molar-refractivity contribution < 1.29 is 14.3 Å². The maximum absolute atomic E-state index is 11.0. The number of likely N-dealkylation sites (tertiary alicyclic amines) is 1. The molecule has 0 N–H and O–H groups in total. The summed E-state index contributed by atoms with van der Waals surface area (Å²) in [5, 5.41) is 0. The number of hydrogen-bond donors (Lipinski definition) is 0. The monoisotopic (exact) mass is 452 g/mol. The third-order valence-corrected chi connectivity index (χ3v) is 6.84. The topological polar surface area (TPSA) is 49.9 Å². The van der Waals surface area contributed by atoms with Gasteiger partial charge >= 0.3 is 0 Å². The van der Waals surface area contributed by atoms with Crippen LogP contribution in [0.25, 0.3) is 0 Å². The molecule has 1 heterocycles. The lowest BCUT2D eigenvalue weighted by Crippen LogP contribution is -2.42. The van der Waals surface area contributed by atoms with Crippen LogP contribution in [0.15, 0.2) is 59.6 Å². The largest absolute Gasteiger partial charge is 0.494 e. The molecule has 5 heteroatoms. The molecule has 0 aromatic rings. The molecule has 0 spiro atoms. The number of ether oxygens (including phenoxy) is 1. The van der Waals surface area contributed by atoms with Crippen molar-refractivity contribution >= 4 is 12.6 Å². The molecular formula is C28H40N2O3. The second-order valence-electron chi connectivity index (χ2n) is 9.61. The Labute approximate surface area is 199 Å². The summed E-state index contributed by atoms with van der Waals surface area (Å²) in [5.74, 6) is 2.55. The molecule has 2 aliphatic carbocycles. The number of aldehydes is 2. The Morgan fingerprint density at radius 3 is 2.42 bits per heavy atom. The fraction of sp³-hybridized carbons (Fsp3) is 0.571. The van der Waals surface area contributed by atoms with Crippen molar-refractivity contribution in [3.8, 4) is 0 Å². The fourth-order valence-corrected chi connectivity index (χ4v) is 4.32. The molecule has 1 saturated heterocycles. The number of piperidine rings is 1. The molecule has 3 aliphatic rings. The number of allylic oxidation sites excluding steroid dienone is 6. The van der Waals surface area contributed by atoms with Gasteiger partial charge in [-0.15, -0.1) is 0 Å². The molecule has 33 heavy (non-hydrogen) atoms. The van der Waals surface area contributed by atoms with E-state index in [-0.39, 0.29) is 0 Å². The van der Waals surface area contributed by atoms with E-state index in [2.05, 4.69) is 35.5 Å². The number of carbonyl (C=O) groups is 2. The van der Waals surface area contributed by atoms with Crippen molar-refractivity contribution in [3.63, 3.8) is 0 Å². The molecular weight excluding hydrogens is 412 g/mol. The first-order chi connectivity index (χ1) is 16.0. The van der Waals surface area contributed by atoms with E-state index in [0.717, 1.165) is 50.6 Å². The van der Waals surface area contributed by atoms with E-state index in [4.69, 9.17) is 4.74 Å². The third kappa shape index (κ3) is 8.47. The highest BCUT2D eigenvalue weighted by atomic mass is 16.5. The molecule has 180 valence electrons. The summed E-state index contributed by atoms with van der Waals surface area (Å²) >= 11 is 0. The van der Waals surface area contributed by atoms with E-state index in [9.17, 15) is 9.59 Å². The van der Waals surface area contributed by atoms with Crippen LogP contribution in [-0.4, -0.2) is 61.7 Å². The second kappa shape index (κ2) is 12.7. The van der Waals surface area contributed by atoms with Crippen LogP contribution in [0, 0.1) is 11.8 Å². The Hall–Kier alpha value is -2.40. The van der Waals surface area contributed by atoms with Crippen LogP contribution in [0.1, 0.15) is 51.9 Å². The molecule has 5 nitrogen and oxygen atoms in total. The zero-order valence-corrected chi connectivity index (χ0v) is 20.4. The average molecular weight is 453 g/mol. The molecule has 2 saturated carbocycles. The SMILES string of the molecule is C=C(/C=C(CN1CCC(N(C)/C=C\C(C=O)=C/C=O)CC1)\C(=C/CC1CC1)OCC)C1CC1. The lowest BCUT2D eigenvalue weighted by atomic mass is 10.0. The second-order valence-corrected chi connectivity index (χ2v) is 9.61. The molecule has 0 bridgehead atoms. The molecule has 0 radical (unpaired) electrons. The maximum atomic E-state index is 11.0. The van der Waals surface area contributed by atoms with Gasteiger partial charge in [0.1, 0.15) is 18.3 Å². The minimum Gasteiger partial charge on any atom is -0.494 e. The van der Waals surface area contributed by atoms with Gasteiger partial charge in [0.25, 0.3) is 0 Å². The first-order valence-corrected chi connectivity index (χ1v) is 12.5. The molecule has 0 aromatic heterocycles. The van der Waals surface area contributed by atoms with E-state index in [1.165, 1.54) is 42.9 Å². The summed E-state index contributed by atoms with van der Waals surface area (Å²) in [5.41, 5.74) is 2.91. The Kier molecular flexibility index (Phi) is 9.74. The van der Waals surface area contributed by atoms with Gasteiger partial charge in [0.2, 0.25) is 0 Å². The first kappa shape index (κ1) is 25.2. The third-order valence-electron chi connectivity index (χ3n) is 6.84. The van der Waals surface area contributed by atoms with E-state index in [1.807, 2.05) is 13.2 Å². The van der Waals surface area contributed by atoms with Crippen molar-refractivity contribution in [2.75, 3.05) is 33.3 Å².